The minimum absolute atomic E-state index is 0.113. The second-order valence-corrected chi connectivity index (χ2v) is 10.4. The molecule has 1 aliphatic rings. The van der Waals surface area contributed by atoms with Crippen molar-refractivity contribution in [1.82, 2.24) is 15.2 Å². The molecule has 10 heteroatoms. The summed E-state index contributed by atoms with van der Waals surface area (Å²) >= 11 is 1.74. The molecular weight excluding hydrogens is 524 g/mol. The number of nitrogens with zero attached hydrogens (tertiary/aromatic N) is 2. The number of carbonyl (C=O) groups is 2. The molecule has 9 nitrogen and oxygen atoms in total. The number of benzene rings is 3. The molecule has 3 aromatic carbocycles. The van der Waals surface area contributed by atoms with Crippen LogP contribution in [-0.4, -0.2) is 46.6 Å². The molecule has 1 aliphatic heterocycles. The first-order valence-corrected chi connectivity index (χ1v) is 14.3. The molecule has 1 unspecified atom stereocenters. The van der Waals surface area contributed by atoms with Crippen molar-refractivity contribution in [3.8, 4) is 5.75 Å². The lowest BCUT2D eigenvalue weighted by Crippen LogP contribution is -2.33. The number of anilines is 3. The number of carbonyl (C=O) groups excluding carboxylic acids is 2. The lowest BCUT2D eigenvalue weighted by Gasteiger charge is -2.21. The lowest BCUT2D eigenvalue weighted by atomic mass is 10.0. The van der Waals surface area contributed by atoms with Gasteiger partial charge < -0.3 is 31.3 Å². The van der Waals surface area contributed by atoms with Gasteiger partial charge in [0.15, 0.2) is 0 Å². The summed E-state index contributed by atoms with van der Waals surface area (Å²) in [5.41, 5.74) is 9.12. The minimum Gasteiger partial charge on any atom is -0.494 e. The molecular formula is C30H32N6O3S. The van der Waals surface area contributed by atoms with Gasteiger partial charge in [-0.1, -0.05) is 24.3 Å². The first-order chi connectivity index (χ1) is 19.5. The Hall–Kier alpha value is -4.44. The predicted octanol–water partition coefficient (Wildman–Crippen LogP) is 5.22. The number of thioether (sulfide) groups is 1. The van der Waals surface area contributed by atoms with Crippen molar-refractivity contribution in [2.24, 2.45) is 0 Å². The highest BCUT2D eigenvalue weighted by Gasteiger charge is 2.22. The second-order valence-electron chi connectivity index (χ2n) is 9.36. The molecule has 206 valence electrons. The summed E-state index contributed by atoms with van der Waals surface area (Å²) in [6.07, 6.45) is 1.66. The molecule has 1 aromatic heterocycles. The number of hydrogen-bond acceptors (Lipinski definition) is 7. The average Bonchev–Trinajstić information content (AvgIpc) is 3.51. The molecule has 0 bridgehead atoms. The van der Waals surface area contributed by atoms with Crippen LogP contribution in [0.25, 0.3) is 10.8 Å². The summed E-state index contributed by atoms with van der Waals surface area (Å²) in [7, 11) is 0. The van der Waals surface area contributed by atoms with Gasteiger partial charge >= 0.3 is 6.03 Å². The number of amides is 3. The lowest BCUT2D eigenvalue weighted by molar-refractivity contribution is -0.122. The van der Waals surface area contributed by atoms with Crippen LogP contribution in [0.15, 0.2) is 79.0 Å². The standard InChI is InChI=1S/C30H32N6O3S/c1-2-39-25-8-4-6-22(17-25)27(34-24-9-10-26-21(16-24)11-12-32-28(26)31)29(37)33-18-20-5-3-7-23(15-20)35-30(38)36-13-14-40-19-36/h3-12,15-17,27,34H,2,13-14,18-19H2,1H3,(H2,31,32)(H,33,37)(H,35,38). The van der Waals surface area contributed by atoms with Crippen molar-refractivity contribution in [1.29, 1.82) is 0 Å². The highest BCUT2D eigenvalue weighted by Crippen LogP contribution is 2.28. The smallest absolute Gasteiger partial charge is 0.322 e. The van der Waals surface area contributed by atoms with Crippen LogP contribution in [0, 0.1) is 0 Å². The third-order valence-corrected chi connectivity index (χ3v) is 7.52. The molecule has 1 atom stereocenters. The summed E-state index contributed by atoms with van der Waals surface area (Å²) in [5, 5.41) is 11.2. The molecule has 5 rings (SSSR count). The molecule has 1 saturated heterocycles. The maximum atomic E-state index is 13.6. The van der Waals surface area contributed by atoms with Gasteiger partial charge in [-0.05, 0) is 72.0 Å². The molecule has 5 N–H and O–H groups in total. The Labute approximate surface area is 237 Å². The third kappa shape index (κ3) is 6.58. The largest absolute Gasteiger partial charge is 0.494 e. The molecule has 1 fully saturated rings. The van der Waals surface area contributed by atoms with Crippen LogP contribution < -0.4 is 26.4 Å². The summed E-state index contributed by atoms with van der Waals surface area (Å²) < 4.78 is 5.69. The van der Waals surface area contributed by atoms with Crippen molar-refractivity contribution in [2.75, 3.05) is 41.1 Å². The SMILES string of the molecule is CCOc1cccc(C(Nc2ccc3c(N)nccc3c2)C(=O)NCc2cccc(NC(=O)N3CCSC3)c2)c1. The van der Waals surface area contributed by atoms with Gasteiger partial charge in [0.2, 0.25) is 5.91 Å². The van der Waals surface area contributed by atoms with Crippen LogP contribution in [0.1, 0.15) is 24.1 Å². The van der Waals surface area contributed by atoms with Gasteiger partial charge in [0.1, 0.15) is 17.6 Å². The van der Waals surface area contributed by atoms with E-state index in [2.05, 4.69) is 20.9 Å². The van der Waals surface area contributed by atoms with E-state index < -0.39 is 6.04 Å². The summed E-state index contributed by atoms with van der Waals surface area (Å²) in [6.45, 7) is 3.49. The van der Waals surface area contributed by atoms with Crippen molar-refractivity contribution >= 4 is 51.7 Å². The molecule has 0 radical (unpaired) electrons. The van der Waals surface area contributed by atoms with Crippen LogP contribution in [0.3, 0.4) is 0 Å². The number of hydrogen-bond donors (Lipinski definition) is 4. The van der Waals surface area contributed by atoms with Gasteiger partial charge in [-0.25, -0.2) is 9.78 Å². The van der Waals surface area contributed by atoms with E-state index in [1.165, 1.54) is 0 Å². The molecule has 2 heterocycles. The number of fused-ring (bicyclic) bond motifs is 1. The number of pyridine rings is 1. The fourth-order valence-electron chi connectivity index (χ4n) is 4.54. The number of urea groups is 1. The fourth-order valence-corrected chi connectivity index (χ4v) is 5.48. The van der Waals surface area contributed by atoms with Gasteiger partial charge in [0.05, 0.1) is 12.5 Å². The number of nitrogens with one attached hydrogen (secondary N) is 3. The Morgan fingerprint density at radius 1 is 1.07 bits per heavy atom. The Morgan fingerprint density at radius 2 is 1.95 bits per heavy atom. The van der Waals surface area contributed by atoms with Crippen LogP contribution in [0.2, 0.25) is 0 Å². The molecule has 0 spiro atoms. The highest BCUT2D eigenvalue weighted by molar-refractivity contribution is 7.99. The van der Waals surface area contributed by atoms with Crippen molar-refractivity contribution in [3.63, 3.8) is 0 Å². The molecule has 40 heavy (non-hydrogen) atoms. The molecule has 4 aromatic rings. The van der Waals surface area contributed by atoms with Crippen LogP contribution >= 0.6 is 11.8 Å². The van der Waals surface area contributed by atoms with Gasteiger partial charge in [0.25, 0.3) is 0 Å². The molecule has 0 aliphatic carbocycles. The predicted molar refractivity (Wildman–Crippen MR) is 161 cm³/mol. The Balaban J connectivity index is 1.33. The van der Waals surface area contributed by atoms with Crippen LogP contribution in [0.5, 0.6) is 5.75 Å². The Morgan fingerprint density at radius 3 is 2.77 bits per heavy atom. The van der Waals surface area contributed by atoms with Gasteiger partial charge in [-0.3, -0.25) is 4.79 Å². The maximum absolute atomic E-state index is 13.6. The fraction of sp³-hybridized carbons (Fsp3) is 0.233. The summed E-state index contributed by atoms with van der Waals surface area (Å²) in [5.74, 6) is 2.60. The second kappa shape index (κ2) is 12.6. The van der Waals surface area contributed by atoms with E-state index in [-0.39, 0.29) is 11.9 Å². The average molecular weight is 557 g/mol. The van der Waals surface area contributed by atoms with Gasteiger partial charge in [0, 0.05) is 41.8 Å². The van der Waals surface area contributed by atoms with E-state index in [1.807, 2.05) is 79.7 Å². The minimum atomic E-state index is -0.687. The van der Waals surface area contributed by atoms with E-state index >= 15 is 0 Å². The van der Waals surface area contributed by atoms with Crippen molar-refractivity contribution < 1.29 is 14.3 Å². The molecule has 3 amide bonds. The van der Waals surface area contributed by atoms with E-state index in [0.717, 1.165) is 39.9 Å². The quantitative estimate of drug-likeness (QED) is 0.223. The van der Waals surface area contributed by atoms with E-state index in [4.69, 9.17) is 10.5 Å². The van der Waals surface area contributed by atoms with E-state index in [9.17, 15) is 9.59 Å². The monoisotopic (exact) mass is 556 g/mol. The van der Waals surface area contributed by atoms with Crippen LogP contribution in [0.4, 0.5) is 22.0 Å². The topological polar surface area (TPSA) is 122 Å². The molecule has 0 saturated carbocycles. The highest BCUT2D eigenvalue weighted by atomic mass is 32.2. The Bertz CT molecular complexity index is 1510. The van der Waals surface area contributed by atoms with Gasteiger partial charge in [-0.15, -0.1) is 11.8 Å². The number of ether oxygens (including phenoxy) is 1. The van der Waals surface area contributed by atoms with Crippen molar-refractivity contribution in [3.05, 3.63) is 90.1 Å². The zero-order valence-corrected chi connectivity index (χ0v) is 23.0. The van der Waals surface area contributed by atoms with E-state index in [0.29, 0.717) is 36.3 Å². The van der Waals surface area contributed by atoms with E-state index in [1.54, 1.807) is 22.9 Å². The number of rotatable bonds is 9. The zero-order chi connectivity index (χ0) is 27.9. The summed E-state index contributed by atoms with van der Waals surface area (Å²) in [4.78, 5) is 32.0. The van der Waals surface area contributed by atoms with Gasteiger partial charge in [-0.2, -0.15) is 0 Å². The summed E-state index contributed by atoms with van der Waals surface area (Å²) in [6, 6.07) is 21.8. The zero-order valence-electron chi connectivity index (χ0n) is 22.2. The normalized spacial score (nSPS) is 13.6. The first-order valence-electron chi connectivity index (χ1n) is 13.1. The number of aromatic nitrogens is 1. The first kappa shape index (κ1) is 27.1. The van der Waals surface area contributed by atoms with Crippen molar-refractivity contribution in [2.45, 2.75) is 19.5 Å². The third-order valence-electron chi connectivity index (χ3n) is 6.56. The maximum Gasteiger partial charge on any atom is 0.322 e. The number of nitrogens with two attached hydrogens (primary N) is 1. The Kier molecular flexibility index (Phi) is 8.56. The van der Waals surface area contributed by atoms with Crippen LogP contribution in [-0.2, 0) is 11.3 Å². The number of nitrogen functional groups attached to an aromatic ring is 1.